The predicted octanol–water partition coefficient (Wildman–Crippen LogP) is 1.42. The van der Waals surface area contributed by atoms with Gasteiger partial charge >= 0.3 is 0 Å². The minimum atomic E-state index is -3.52. The van der Waals surface area contributed by atoms with Gasteiger partial charge in [-0.3, -0.25) is 0 Å². The maximum Gasteiger partial charge on any atom is 0.215 e. The van der Waals surface area contributed by atoms with Crippen LogP contribution in [0.3, 0.4) is 0 Å². The van der Waals surface area contributed by atoms with Crippen molar-refractivity contribution < 1.29 is 13.5 Å². The Bertz CT molecular complexity index is 687. The average molecular weight is 306 g/mol. The Morgan fingerprint density at radius 3 is 2.48 bits per heavy atom. The Balaban J connectivity index is 1.95. The smallest absolute Gasteiger partial charge is 0.215 e. The number of sulfonamides is 1. The lowest BCUT2D eigenvalue weighted by atomic mass is 10.1. The van der Waals surface area contributed by atoms with Crippen LogP contribution < -0.4 is 10.5 Å². The highest BCUT2D eigenvalue weighted by Gasteiger charge is 2.15. The Kier molecular flexibility index (Phi) is 4.95. The molecular weight excluding hydrogens is 288 g/mol. The van der Waals surface area contributed by atoms with Crippen LogP contribution in [0.25, 0.3) is 0 Å². The highest BCUT2D eigenvalue weighted by atomic mass is 32.2. The van der Waals surface area contributed by atoms with Crippen LogP contribution in [0, 0.1) is 0 Å². The van der Waals surface area contributed by atoms with Gasteiger partial charge in [0, 0.05) is 12.2 Å². The van der Waals surface area contributed by atoms with Gasteiger partial charge in [-0.25, -0.2) is 13.1 Å². The molecule has 0 heterocycles. The van der Waals surface area contributed by atoms with Crippen LogP contribution in [0.4, 0.5) is 5.69 Å². The number of nitrogens with two attached hydrogens (primary N) is 1. The predicted molar refractivity (Wildman–Crippen MR) is 82.9 cm³/mol. The van der Waals surface area contributed by atoms with E-state index in [4.69, 9.17) is 5.73 Å². The van der Waals surface area contributed by atoms with Gasteiger partial charge in [-0.15, -0.1) is 0 Å². The van der Waals surface area contributed by atoms with Crippen molar-refractivity contribution in [2.45, 2.75) is 11.9 Å². The molecule has 4 N–H and O–H groups in total. The summed E-state index contributed by atoms with van der Waals surface area (Å²) in [5.41, 5.74) is 7.42. The fourth-order valence-corrected chi connectivity index (χ4v) is 3.08. The summed E-state index contributed by atoms with van der Waals surface area (Å²) in [7, 11) is -3.52. The van der Waals surface area contributed by atoms with E-state index in [2.05, 4.69) is 4.72 Å². The third-order valence-electron chi connectivity index (χ3n) is 2.99. The largest absolute Gasteiger partial charge is 0.399 e. The van der Waals surface area contributed by atoms with Gasteiger partial charge in [0.2, 0.25) is 10.0 Å². The highest BCUT2D eigenvalue weighted by Crippen LogP contribution is 2.13. The third kappa shape index (κ3) is 4.86. The molecule has 0 radical (unpaired) electrons. The molecule has 0 fully saturated rings. The lowest BCUT2D eigenvalue weighted by Gasteiger charge is -2.12. The van der Waals surface area contributed by atoms with Crippen LogP contribution in [0.5, 0.6) is 0 Å². The highest BCUT2D eigenvalue weighted by molar-refractivity contribution is 7.88. The molecule has 0 saturated carbocycles. The van der Waals surface area contributed by atoms with Crippen molar-refractivity contribution in [1.29, 1.82) is 0 Å². The van der Waals surface area contributed by atoms with Crippen molar-refractivity contribution in [1.82, 2.24) is 4.72 Å². The second-order valence-electron chi connectivity index (χ2n) is 4.78. The van der Waals surface area contributed by atoms with Gasteiger partial charge in [0.15, 0.2) is 0 Å². The van der Waals surface area contributed by atoms with E-state index in [1.807, 2.05) is 6.07 Å². The lowest BCUT2D eigenvalue weighted by Crippen LogP contribution is -2.29. The molecule has 0 aromatic heterocycles. The second-order valence-corrected chi connectivity index (χ2v) is 6.59. The summed E-state index contributed by atoms with van der Waals surface area (Å²) in [5.74, 6) is -0.167. The van der Waals surface area contributed by atoms with E-state index >= 15 is 0 Å². The Morgan fingerprint density at radius 2 is 1.81 bits per heavy atom. The van der Waals surface area contributed by atoms with Crippen molar-refractivity contribution in [3.05, 3.63) is 65.7 Å². The molecule has 2 aromatic carbocycles. The van der Waals surface area contributed by atoms with Gasteiger partial charge in [0.05, 0.1) is 11.9 Å². The Labute approximate surface area is 124 Å². The molecule has 2 rings (SSSR count). The number of aliphatic hydroxyl groups excluding tert-OH is 1. The van der Waals surface area contributed by atoms with E-state index in [0.717, 1.165) is 0 Å². The number of nitrogen functional groups attached to an aromatic ring is 1. The van der Waals surface area contributed by atoms with E-state index in [-0.39, 0.29) is 12.3 Å². The van der Waals surface area contributed by atoms with Crippen LogP contribution in [0.1, 0.15) is 17.2 Å². The first-order valence-electron chi connectivity index (χ1n) is 6.51. The second kappa shape index (κ2) is 6.71. The first kappa shape index (κ1) is 15.5. The normalized spacial score (nSPS) is 13.0. The van der Waals surface area contributed by atoms with Crippen molar-refractivity contribution in [3.63, 3.8) is 0 Å². The van der Waals surface area contributed by atoms with Crippen molar-refractivity contribution >= 4 is 15.7 Å². The lowest BCUT2D eigenvalue weighted by molar-refractivity contribution is 0.182. The standard InChI is InChI=1S/C15H18N2O3S/c16-14-8-4-5-12(9-14)11-21(19,20)17-10-15(18)13-6-2-1-3-7-13/h1-9,15,17-18H,10-11,16H2. The maximum atomic E-state index is 12.0. The molecule has 0 amide bonds. The molecule has 2 aromatic rings. The zero-order valence-electron chi connectivity index (χ0n) is 11.4. The van der Waals surface area contributed by atoms with Crippen LogP contribution in [-0.2, 0) is 15.8 Å². The van der Waals surface area contributed by atoms with Crippen LogP contribution in [0.15, 0.2) is 54.6 Å². The van der Waals surface area contributed by atoms with E-state index in [0.29, 0.717) is 16.8 Å². The molecule has 6 heteroatoms. The average Bonchev–Trinajstić information content (AvgIpc) is 2.45. The van der Waals surface area contributed by atoms with Gasteiger partial charge in [-0.2, -0.15) is 0 Å². The summed E-state index contributed by atoms with van der Waals surface area (Å²) in [6.45, 7) is -0.0609. The molecule has 0 aliphatic heterocycles. The number of hydrogen-bond acceptors (Lipinski definition) is 4. The summed E-state index contributed by atoms with van der Waals surface area (Å²) in [6, 6.07) is 15.6. The number of hydrogen-bond donors (Lipinski definition) is 3. The first-order chi connectivity index (χ1) is 9.96. The molecule has 0 saturated heterocycles. The SMILES string of the molecule is Nc1cccc(CS(=O)(=O)NCC(O)c2ccccc2)c1. The van der Waals surface area contributed by atoms with Gasteiger partial charge in [0.1, 0.15) is 0 Å². The maximum absolute atomic E-state index is 12.0. The molecule has 1 atom stereocenters. The van der Waals surface area contributed by atoms with Gasteiger partial charge in [0.25, 0.3) is 0 Å². The van der Waals surface area contributed by atoms with Crippen LogP contribution >= 0.6 is 0 Å². The molecular formula is C15H18N2O3S. The zero-order chi connectivity index (χ0) is 15.3. The van der Waals surface area contributed by atoms with Crippen LogP contribution in [0.2, 0.25) is 0 Å². The Hall–Kier alpha value is -1.89. The zero-order valence-corrected chi connectivity index (χ0v) is 12.3. The minimum absolute atomic E-state index is 0.0609. The summed E-state index contributed by atoms with van der Waals surface area (Å²) in [4.78, 5) is 0. The number of nitrogens with one attached hydrogen (secondary N) is 1. The van der Waals surface area contributed by atoms with E-state index in [9.17, 15) is 13.5 Å². The van der Waals surface area contributed by atoms with Crippen molar-refractivity contribution in [2.24, 2.45) is 0 Å². The molecule has 0 spiro atoms. The molecule has 0 bridgehead atoms. The van der Waals surface area contributed by atoms with Gasteiger partial charge in [-0.05, 0) is 23.3 Å². The van der Waals surface area contributed by atoms with Crippen LogP contribution in [-0.4, -0.2) is 20.1 Å². The summed E-state index contributed by atoms with van der Waals surface area (Å²) >= 11 is 0. The monoisotopic (exact) mass is 306 g/mol. The summed E-state index contributed by atoms with van der Waals surface area (Å²) < 4.78 is 26.4. The third-order valence-corrected chi connectivity index (χ3v) is 4.31. The fourth-order valence-electron chi connectivity index (χ4n) is 1.95. The quantitative estimate of drug-likeness (QED) is 0.704. The molecule has 1 unspecified atom stereocenters. The van der Waals surface area contributed by atoms with E-state index in [1.54, 1.807) is 48.5 Å². The van der Waals surface area contributed by atoms with E-state index in [1.165, 1.54) is 0 Å². The molecule has 21 heavy (non-hydrogen) atoms. The summed E-state index contributed by atoms with van der Waals surface area (Å²) in [6.07, 6.45) is -0.873. The van der Waals surface area contributed by atoms with E-state index < -0.39 is 16.1 Å². The molecule has 5 nitrogen and oxygen atoms in total. The topological polar surface area (TPSA) is 92.4 Å². The van der Waals surface area contributed by atoms with Crippen molar-refractivity contribution in [3.8, 4) is 0 Å². The number of aliphatic hydroxyl groups is 1. The summed E-state index contributed by atoms with van der Waals surface area (Å²) in [5, 5.41) is 9.95. The number of rotatable bonds is 6. The molecule has 0 aliphatic carbocycles. The Morgan fingerprint density at radius 1 is 1.10 bits per heavy atom. The minimum Gasteiger partial charge on any atom is -0.399 e. The fraction of sp³-hybridized carbons (Fsp3) is 0.200. The van der Waals surface area contributed by atoms with Gasteiger partial charge in [-0.1, -0.05) is 42.5 Å². The van der Waals surface area contributed by atoms with Crippen molar-refractivity contribution in [2.75, 3.05) is 12.3 Å². The molecule has 112 valence electrons. The molecule has 0 aliphatic rings. The number of benzene rings is 2. The first-order valence-corrected chi connectivity index (χ1v) is 8.16. The number of anilines is 1. The van der Waals surface area contributed by atoms with Gasteiger partial charge < -0.3 is 10.8 Å².